The molecule has 2 aliphatic heterocycles. The highest BCUT2D eigenvalue weighted by Gasteiger charge is 2.46. The molecule has 0 radical (unpaired) electrons. The SMILES string of the molecule is CC(C)CC/C=C\C=C\C(=O)N[C@H](C(=O)N[C@@H]1C(=O)N[C@H](C(C)C)C(=O)N[C@@H](CCCCN)C(=O)N[C@@H](C(O)C(=O)O)C(=O)N[C@@H](CC(=O)O)C(=O)NCC(=O)N[C@H](C(CO)C(=O)O)C(=O)N[C@@H](C(C)C)C(=O)N2C[C@H](C)C[C@H]2C(=O)NC1C)C(C)C(=O)O. The summed E-state index contributed by atoms with van der Waals surface area (Å²) >= 11 is 0. The second kappa shape index (κ2) is 36.7. The summed E-state index contributed by atoms with van der Waals surface area (Å²) in [5.74, 6) is -26.9. The number of carbonyl (C=O) groups is 15. The minimum atomic E-state index is -2.86. The lowest BCUT2D eigenvalue weighted by Gasteiger charge is -2.34. The number of hydrogen-bond acceptors (Lipinski definition) is 18. The van der Waals surface area contributed by atoms with Crippen LogP contribution in [-0.4, -0.2) is 217 Å². The van der Waals surface area contributed by atoms with Gasteiger partial charge in [-0.3, -0.25) is 67.1 Å². The van der Waals surface area contributed by atoms with E-state index in [9.17, 15) is 103 Å². The Balaban J connectivity index is 2.99. The number of unbranched alkanes of at least 4 members (excludes halogenated alkanes) is 1. The van der Waals surface area contributed by atoms with Crippen LogP contribution in [-0.2, 0) is 71.9 Å². The molecule has 0 aromatic rings. The molecule has 2 heterocycles. The summed E-state index contributed by atoms with van der Waals surface area (Å²) in [6.07, 6.45) is 2.92. The molecule has 2 aliphatic rings. The maximum atomic E-state index is 14.8. The molecule has 4 unspecified atom stereocenters. The number of aliphatic carboxylic acids is 4. The number of nitrogens with one attached hydrogen (secondary N) is 10. The number of hydrogen-bond donors (Lipinski definition) is 17. The molecule has 33 heteroatoms. The molecule has 498 valence electrons. The van der Waals surface area contributed by atoms with Crippen LogP contribution in [0.4, 0.5) is 0 Å². The Morgan fingerprint density at radius 1 is 0.663 bits per heavy atom. The van der Waals surface area contributed by atoms with Crippen molar-refractivity contribution in [2.45, 2.75) is 174 Å². The van der Waals surface area contributed by atoms with Gasteiger partial charge in [-0.1, -0.05) is 66.7 Å². The largest absolute Gasteiger partial charge is 0.481 e. The fraction of sp³-hybridized carbons (Fsp3) is 0.661. The van der Waals surface area contributed by atoms with Gasteiger partial charge in [-0.05, 0) is 82.6 Å². The van der Waals surface area contributed by atoms with E-state index in [0.29, 0.717) is 12.3 Å². The summed E-state index contributed by atoms with van der Waals surface area (Å²) in [5, 5.41) is 83.0. The van der Waals surface area contributed by atoms with Gasteiger partial charge in [0.25, 0.3) is 0 Å². The predicted molar refractivity (Wildman–Crippen MR) is 311 cm³/mol. The minimum Gasteiger partial charge on any atom is -0.481 e. The van der Waals surface area contributed by atoms with Crippen LogP contribution in [0.1, 0.15) is 107 Å². The van der Waals surface area contributed by atoms with Gasteiger partial charge in [0, 0.05) is 12.6 Å². The Kier molecular flexibility index (Phi) is 31.5. The van der Waals surface area contributed by atoms with E-state index in [2.05, 4.69) is 31.9 Å². The van der Waals surface area contributed by atoms with E-state index >= 15 is 0 Å². The fourth-order valence-electron chi connectivity index (χ4n) is 9.37. The zero-order valence-corrected chi connectivity index (χ0v) is 51.2. The Bertz CT molecular complexity index is 2650. The van der Waals surface area contributed by atoms with E-state index in [0.717, 1.165) is 24.3 Å². The molecule has 33 nitrogen and oxygen atoms in total. The smallest absolute Gasteiger partial charge is 0.335 e. The summed E-state index contributed by atoms with van der Waals surface area (Å²) in [4.78, 5) is 205. The first-order valence-electron chi connectivity index (χ1n) is 29.1. The van der Waals surface area contributed by atoms with Crippen molar-refractivity contribution in [3.8, 4) is 0 Å². The highest BCUT2D eigenvalue weighted by molar-refractivity contribution is 6.02. The van der Waals surface area contributed by atoms with Gasteiger partial charge >= 0.3 is 23.9 Å². The monoisotopic (exact) mass is 1260 g/mol. The lowest BCUT2D eigenvalue weighted by molar-refractivity contribution is -0.153. The first-order valence-corrected chi connectivity index (χ1v) is 29.1. The number of carbonyl (C=O) groups excluding carboxylic acids is 11. The molecule has 0 aromatic heterocycles. The second-order valence-corrected chi connectivity index (χ2v) is 23.1. The number of nitrogens with zero attached hydrogens (tertiary/aromatic N) is 1. The molecule has 14 atom stereocenters. The number of aliphatic hydroxyl groups excluding tert-OH is 2. The first kappa shape index (κ1) is 76.5. The number of nitrogens with two attached hydrogens (primary N) is 1. The number of aliphatic hydroxyl groups is 2. The summed E-state index contributed by atoms with van der Waals surface area (Å²) in [6.45, 7) is 11.2. The van der Waals surface area contributed by atoms with E-state index in [1.165, 1.54) is 40.7 Å². The molecule has 0 aliphatic carbocycles. The highest BCUT2D eigenvalue weighted by Crippen LogP contribution is 2.26. The Morgan fingerprint density at radius 3 is 1.80 bits per heavy atom. The number of rotatable bonds is 23. The van der Waals surface area contributed by atoms with Gasteiger partial charge in [0.05, 0.1) is 31.5 Å². The number of fused-ring (bicyclic) bond motifs is 1. The number of carboxylic acids is 4. The van der Waals surface area contributed by atoms with Gasteiger partial charge < -0.3 is 94.4 Å². The maximum absolute atomic E-state index is 14.8. The van der Waals surface area contributed by atoms with Gasteiger partial charge in [-0.25, -0.2) is 4.79 Å². The molecule has 0 spiro atoms. The third-order valence-electron chi connectivity index (χ3n) is 14.6. The number of carboxylic acid groups (broad SMARTS) is 4. The molecule has 0 aromatic carbocycles. The van der Waals surface area contributed by atoms with E-state index in [1.807, 2.05) is 35.1 Å². The van der Waals surface area contributed by atoms with Crippen molar-refractivity contribution in [2.24, 2.45) is 41.2 Å². The van der Waals surface area contributed by atoms with Crippen LogP contribution in [0, 0.1) is 35.5 Å². The van der Waals surface area contributed by atoms with Gasteiger partial charge in [-0.2, -0.15) is 0 Å². The van der Waals surface area contributed by atoms with Crippen LogP contribution in [0.25, 0.3) is 0 Å². The summed E-state index contributed by atoms with van der Waals surface area (Å²) in [5.41, 5.74) is 5.69. The van der Waals surface area contributed by atoms with Crippen LogP contribution in [0.2, 0.25) is 0 Å². The third-order valence-corrected chi connectivity index (χ3v) is 14.6. The van der Waals surface area contributed by atoms with Crippen LogP contribution in [0.15, 0.2) is 24.3 Å². The Hall–Kier alpha value is -8.59. The van der Waals surface area contributed by atoms with Crippen molar-refractivity contribution in [2.75, 3.05) is 26.2 Å². The van der Waals surface area contributed by atoms with Crippen LogP contribution >= 0.6 is 0 Å². The molecule has 0 saturated carbocycles. The number of amides is 11. The topological polar surface area (TPSA) is 527 Å². The van der Waals surface area contributed by atoms with Crippen molar-refractivity contribution >= 4 is 88.9 Å². The molecule has 2 rings (SSSR count). The quantitative estimate of drug-likeness (QED) is 0.0259. The van der Waals surface area contributed by atoms with Crippen LogP contribution in [0.3, 0.4) is 0 Å². The van der Waals surface area contributed by atoms with Crippen LogP contribution < -0.4 is 58.9 Å². The van der Waals surface area contributed by atoms with Gasteiger partial charge in [0.15, 0.2) is 6.10 Å². The van der Waals surface area contributed by atoms with E-state index in [1.54, 1.807) is 19.1 Å². The Morgan fingerprint density at radius 2 is 1.25 bits per heavy atom. The maximum Gasteiger partial charge on any atom is 0.335 e. The molecule has 89 heavy (non-hydrogen) atoms. The summed E-state index contributed by atoms with van der Waals surface area (Å²) in [6, 6.07) is -19.1. The molecule has 0 bridgehead atoms. The highest BCUT2D eigenvalue weighted by atomic mass is 16.4. The zero-order valence-electron chi connectivity index (χ0n) is 51.2. The molecule has 11 amide bonds. The van der Waals surface area contributed by atoms with Crippen molar-refractivity contribution in [3.05, 3.63) is 24.3 Å². The lowest BCUT2D eigenvalue weighted by atomic mass is 9.97. The van der Waals surface area contributed by atoms with E-state index < -0.39 is 205 Å². The van der Waals surface area contributed by atoms with Crippen molar-refractivity contribution in [3.63, 3.8) is 0 Å². The average molecular weight is 1270 g/mol. The second-order valence-electron chi connectivity index (χ2n) is 23.1. The van der Waals surface area contributed by atoms with Crippen molar-refractivity contribution in [1.29, 1.82) is 0 Å². The van der Waals surface area contributed by atoms with Gasteiger partial charge in [0.2, 0.25) is 65.0 Å². The first-order chi connectivity index (χ1) is 41.6. The molecule has 18 N–H and O–H groups in total. The van der Waals surface area contributed by atoms with E-state index in [4.69, 9.17) is 5.73 Å². The minimum absolute atomic E-state index is 0.0443. The van der Waals surface area contributed by atoms with E-state index in [-0.39, 0.29) is 38.8 Å². The summed E-state index contributed by atoms with van der Waals surface area (Å²) < 4.78 is 0. The normalized spacial score (nSPS) is 25.8. The Labute approximate surface area is 513 Å². The molecule has 2 saturated heterocycles. The summed E-state index contributed by atoms with van der Waals surface area (Å²) in [7, 11) is 0. The van der Waals surface area contributed by atoms with Gasteiger partial charge in [0.1, 0.15) is 60.3 Å². The number of allylic oxidation sites excluding steroid dienone is 3. The van der Waals surface area contributed by atoms with Crippen molar-refractivity contribution in [1.82, 2.24) is 58.1 Å². The molecular formula is C56H88N12O21. The third kappa shape index (κ3) is 24.1. The predicted octanol–water partition coefficient (Wildman–Crippen LogP) is -4.94. The zero-order chi connectivity index (χ0) is 67.7. The van der Waals surface area contributed by atoms with Crippen LogP contribution in [0.5, 0.6) is 0 Å². The van der Waals surface area contributed by atoms with Crippen molar-refractivity contribution < 1.29 is 103 Å². The van der Waals surface area contributed by atoms with Gasteiger partial charge in [-0.15, -0.1) is 0 Å². The fourth-order valence-corrected chi connectivity index (χ4v) is 9.37. The average Bonchev–Trinajstić information content (AvgIpc) is 1.89. The molecule has 2 fully saturated rings. The lowest BCUT2D eigenvalue weighted by Crippen LogP contribution is -2.65. The standard InChI is InChI=1S/C56H88N12O21/c1-25(2)16-12-10-11-13-18-35(70)62-40(29(8)54(84)85)49(79)66-41-30(9)59-47(77)34-20-28(7)23-68(34)53(83)39(27(5)6)65-51(81)42(31(24-69)55(86)87)63-36(71)22-58-45(75)33(21-37(72)73)61-52(82)43(44(74)56(88)89)67-46(76)32(17-14-15-19-57)60-48(78)38(26(3)4)64-50(41)80/h10-11,13,18,25-34,38-44,69,74H,12,14-17,19-24,57H2,1-9H3,(H,58,75)(H,59,77)(H,60,78)(H,61,82)(H,62,70)(H,63,71)(H,64,80)(H,65,81)(H,66,79)(H,67,76)(H,72,73)(H,84,85)(H,86,87)(H,88,89)/b11-10-,18-13+/t28-,29?,30?,31?,32+,33+,34+,38-,39+,40+,41+,42-,43+,44?/m1/s1. The molecular weight excluding hydrogens is 1180 g/mol.